The molecule has 0 unspecified atom stereocenters. The first kappa shape index (κ1) is 15.3. The van der Waals surface area contributed by atoms with Crippen LogP contribution in [0.25, 0.3) is 0 Å². The minimum absolute atomic E-state index is 0.0475. The Morgan fingerprint density at radius 2 is 1.95 bits per heavy atom. The van der Waals surface area contributed by atoms with Crippen molar-refractivity contribution in [3.8, 4) is 0 Å². The maximum absolute atomic E-state index is 12.2. The predicted molar refractivity (Wildman–Crippen MR) is 84.0 cm³/mol. The molecule has 1 heterocycles. The molecule has 0 aliphatic carbocycles. The molecule has 0 radical (unpaired) electrons. The van der Waals surface area contributed by atoms with E-state index in [-0.39, 0.29) is 12.3 Å². The van der Waals surface area contributed by atoms with Gasteiger partial charge in [0.05, 0.1) is 4.88 Å². The van der Waals surface area contributed by atoms with E-state index in [0.717, 1.165) is 12.0 Å². The molecule has 4 nitrogen and oxygen atoms in total. The smallest absolute Gasteiger partial charge is 0.303 e. The quantitative estimate of drug-likeness (QED) is 0.857. The summed E-state index contributed by atoms with van der Waals surface area (Å²) >= 11 is 1.48. The lowest BCUT2D eigenvalue weighted by molar-refractivity contribution is -0.136. The Morgan fingerprint density at radius 1 is 1.19 bits per heavy atom. The zero-order chi connectivity index (χ0) is 15.2. The van der Waals surface area contributed by atoms with Crippen molar-refractivity contribution < 1.29 is 14.7 Å². The van der Waals surface area contributed by atoms with Gasteiger partial charge in [0.2, 0.25) is 0 Å². The molecule has 1 amide bonds. The molecule has 0 atom stereocenters. The number of rotatable bonds is 6. The standard InChI is InChI=1S/C16H17NO3S/c1-2-12-8-9-14(21-12)16(20)17-13-6-4-3-5-11(13)7-10-15(18)19/h3-6,8-9H,2,7,10H2,1H3,(H,17,20)(H,18,19). The van der Waals surface area contributed by atoms with E-state index in [0.29, 0.717) is 17.0 Å². The van der Waals surface area contributed by atoms with E-state index in [4.69, 9.17) is 5.11 Å². The van der Waals surface area contributed by atoms with Crippen LogP contribution in [0.2, 0.25) is 0 Å². The second-order valence-corrected chi connectivity index (χ2v) is 5.79. The molecule has 0 fully saturated rings. The largest absolute Gasteiger partial charge is 0.481 e. The number of carboxylic acids is 1. The van der Waals surface area contributed by atoms with Crippen molar-refractivity contribution in [1.29, 1.82) is 0 Å². The Hall–Kier alpha value is -2.14. The molecule has 1 aromatic heterocycles. The van der Waals surface area contributed by atoms with Crippen molar-refractivity contribution in [3.05, 3.63) is 51.7 Å². The van der Waals surface area contributed by atoms with E-state index in [1.807, 2.05) is 30.3 Å². The summed E-state index contributed by atoms with van der Waals surface area (Å²) in [7, 11) is 0. The number of carbonyl (C=O) groups excluding carboxylic acids is 1. The normalized spacial score (nSPS) is 10.3. The molecule has 0 bridgehead atoms. The number of nitrogens with one attached hydrogen (secondary N) is 1. The van der Waals surface area contributed by atoms with E-state index >= 15 is 0 Å². The third-order valence-electron chi connectivity index (χ3n) is 3.11. The number of anilines is 1. The Kier molecular flexibility index (Phi) is 5.11. The molecule has 2 aromatic rings. The van der Waals surface area contributed by atoms with Gasteiger partial charge in [-0.3, -0.25) is 9.59 Å². The van der Waals surface area contributed by atoms with Crippen LogP contribution in [-0.2, 0) is 17.6 Å². The first-order valence-corrected chi connectivity index (χ1v) is 7.61. The fourth-order valence-corrected chi connectivity index (χ4v) is 2.82. The van der Waals surface area contributed by atoms with Gasteiger partial charge in [0.1, 0.15) is 0 Å². The second kappa shape index (κ2) is 7.04. The number of hydrogen-bond donors (Lipinski definition) is 2. The van der Waals surface area contributed by atoms with Gasteiger partial charge < -0.3 is 10.4 Å². The molecule has 5 heteroatoms. The van der Waals surface area contributed by atoms with Crippen molar-refractivity contribution in [2.24, 2.45) is 0 Å². The summed E-state index contributed by atoms with van der Waals surface area (Å²) in [5.41, 5.74) is 1.51. The number of carboxylic acid groups (broad SMARTS) is 1. The summed E-state index contributed by atoms with van der Waals surface area (Å²) in [5, 5.41) is 11.6. The predicted octanol–water partition coefficient (Wildman–Crippen LogP) is 3.58. The lowest BCUT2D eigenvalue weighted by atomic mass is 10.1. The highest BCUT2D eigenvalue weighted by Gasteiger charge is 2.11. The lowest BCUT2D eigenvalue weighted by Gasteiger charge is -2.09. The van der Waals surface area contributed by atoms with Gasteiger partial charge in [-0.15, -0.1) is 11.3 Å². The van der Waals surface area contributed by atoms with Crippen LogP contribution in [0, 0.1) is 0 Å². The molecule has 0 saturated carbocycles. The van der Waals surface area contributed by atoms with Crippen LogP contribution in [0.4, 0.5) is 5.69 Å². The first-order chi connectivity index (χ1) is 10.1. The van der Waals surface area contributed by atoms with E-state index in [1.165, 1.54) is 16.2 Å². The monoisotopic (exact) mass is 303 g/mol. The molecule has 2 N–H and O–H groups in total. The Labute approximate surface area is 127 Å². The van der Waals surface area contributed by atoms with Gasteiger partial charge in [-0.2, -0.15) is 0 Å². The average Bonchev–Trinajstić information content (AvgIpc) is 2.95. The van der Waals surface area contributed by atoms with E-state index in [2.05, 4.69) is 12.2 Å². The first-order valence-electron chi connectivity index (χ1n) is 6.80. The molecule has 0 aliphatic rings. The Bertz CT molecular complexity index is 648. The van der Waals surface area contributed by atoms with Gasteiger partial charge in [0, 0.05) is 17.0 Å². The molecule has 110 valence electrons. The summed E-state index contributed by atoms with van der Waals surface area (Å²) < 4.78 is 0. The number of benzene rings is 1. The van der Waals surface area contributed by atoms with E-state index < -0.39 is 5.97 Å². The van der Waals surface area contributed by atoms with Crippen LogP contribution in [0.5, 0.6) is 0 Å². The minimum atomic E-state index is -0.845. The number of aliphatic carboxylic acids is 1. The minimum Gasteiger partial charge on any atom is -0.481 e. The maximum Gasteiger partial charge on any atom is 0.303 e. The Morgan fingerprint density at radius 3 is 2.62 bits per heavy atom. The summed E-state index contributed by atoms with van der Waals surface area (Å²) in [5.74, 6) is -0.996. The highest BCUT2D eigenvalue weighted by atomic mass is 32.1. The average molecular weight is 303 g/mol. The van der Waals surface area contributed by atoms with Crippen molar-refractivity contribution in [1.82, 2.24) is 0 Å². The third kappa shape index (κ3) is 4.16. The molecule has 0 saturated heterocycles. The molecular formula is C16H17NO3S. The number of amides is 1. The Balaban J connectivity index is 2.11. The van der Waals surface area contributed by atoms with Crippen molar-refractivity contribution >= 4 is 28.9 Å². The van der Waals surface area contributed by atoms with Crippen LogP contribution < -0.4 is 5.32 Å². The fourth-order valence-electron chi connectivity index (χ4n) is 1.98. The maximum atomic E-state index is 12.2. The molecular weight excluding hydrogens is 286 g/mol. The molecule has 1 aromatic carbocycles. The number of aryl methyl sites for hydroxylation is 2. The number of para-hydroxylation sites is 1. The van der Waals surface area contributed by atoms with Crippen LogP contribution >= 0.6 is 11.3 Å². The van der Waals surface area contributed by atoms with Gasteiger partial charge in [-0.1, -0.05) is 25.1 Å². The van der Waals surface area contributed by atoms with Gasteiger partial charge in [0.25, 0.3) is 5.91 Å². The lowest BCUT2D eigenvalue weighted by Crippen LogP contribution is -2.12. The van der Waals surface area contributed by atoms with Gasteiger partial charge in [-0.05, 0) is 36.6 Å². The van der Waals surface area contributed by atoms with Gasteiger partial charge in [-0.25, -0.2) is 0 Å². The molecule has 0 aliphatic heterocycles. The summed E-state index contributed by atoms with van der Waals surface area (Å²) in [6.07, 6.45) is 1.36. The zero-order valence-electron chi connectivity index (χ0n) is 11.8. The number of thiophene rings is 1. The van der Waals surface area contributed by atoms with Crippen molar-refractivity contribution in [2.75, 3.05) is 5.32 Å². The topological polar surface area (TPSA) is 66.4 Å². The molecule has 0 spiro atoms. The van der Waals surface area contributed by atoms with Gasteiger partial charge in [0.15, 0.2) is 0 Å². The number of hydrogen-bond acceptors (Lipinski definition) is 3. The fraction of sp³-hybridized carbons (Fsp3) is 0.250. The summed E-state index contributed by atoms with van der Waals surface area (Å²) in [6, 6.07) is 11.1. The SMILES string of the molecule is CCc1ccc(C(=O)Nc2ccccc2CCC(=O)O)s1. The highest BCUT2D eigenvalue weighted by Crippen LogP contribution is 2.21. The van der Waals surface area contributed by atoms with E-state index in [9.17, 15) is 9.59 Å². The summed E-state index contributed by atoms with van der Waals surface area (Å²) in [6.45, 7) is 2.05. The van der Waals surface area contributed by atoms with Crippen LogP contribution in [-0.4, -0.2) is 17.0 Å². The van der Waals surface area contributed by atoms with Crippen LogP contribution in [0.3, 0.4) is 0 Å². The summed E-state index contributed by atoms with van der Waals surface area (Å²) in [4.78, 5) is 24.7. The second-order valence-electron chi connectivity index (χ2n) is 4.62. The third-order valence-corrected chi connectivity index (χ3v) is 4.34. The molecule has 2 rings (SSSR count). The van der Waals surface area contributed by atoms with Crippen molar-refractivity contribution in [3.63, 3.8) is 0 Å². The van der Waals surface area contributed by atoms with Crippen molar-refractivity contribution in [2.45, 2.75) is 26.2 Å². The zero-order valence-corrected chi connectivity index (χ0v) is 12.6. The van der Waals surface area contributed by atoms with Gasteiger partial charge >= 0.3 is 5.97 Å². The van der Waals surface area contributed by atoms with Crippen LogP contribution in [0.15, 0.2) is 36.4 Å². The highest BCUT2D eigenvalue weighted by molar-refractivity contribution is 7.14. The number of carbonyl (C=O) groups is 2. The van der Waals surface area contributed by atoms with Crippen LogP contribution in [0.1, 0.15) is 33.5 Å². The van der Waals surface area contributed by atoms with E-state index in [1.54, 1.807) is 6.07 Å². The molecule has 21 heavy (non-hydrogen) atoms.